The molecule has 1 aromatic rings. The number of hydrogen-bond donors (Lipinski definition) is 3. The number of amides is 2. The van der Waals surface area contributed by atoms with Crippen LogP contribution in [-0.2, 0) is 9.53 Å². The number of nitrogens with one attached hydrogen (secondary N) is 2. The Labute approximate surface area is 160 Å². The van der Waals surface area contributed by atoms with E-state index in [1.807, 2.05) is 13.8 Å². The SMILES string of the molecule is CCC1=C(C(=O)OC(C)C2CCCCC2)C(c2cccc(O)c2)NC(=O)N1. The zero-order valence-corrected chi connectivity index (χ0v) is 16.0. The van der Waals surface area contributed by atoms with Crippen LogP contribution in [0.15, 0.2) is 35.5 Å². The topological polar surface area (TPSA) is 87.7 Å². The second-order valence-corrected chi connectivity index (χ2v) is 7.38. The fraction of sp³-hybridized carbons (Fsp3) is 0.524. The van der Waals surface area contributed by atoms with Crippen molar-refractivity contribution in [2.45, 2.75) is 64.5 Å². The van der Waals surface area contributed by atoms with Gasteiger partial charge >= 0.3 is 12.0 Å². The molecule has 1 fully saturated rings. The number of phenols is 1. The Hall–Kier alpha value is -2.50. The number of carbonyl (C=O) groups excluding carboxylic acids is 2. The number of rotatable bonds is 5. The molecule has 0 radical (unpaired) electrons. The predicted octanol–water partition coefficient (Wildman–Crippen LogP) is 3.92. The molecular weight excluding hydrogens is 344 g/mol. The molecule has 6 nitrogen and oxygen atoms in total. The molecule has 27 heavy (non-hydrogen) atoms. The molecule has 0 spiro atoms. The minimum absolute atomic E-state index is 0.0848. The van der Waals surface area contributed by atoms with E-state index in [0.717, 1.165) is 12.8 Å². The molecule has 0 saturated heterocycles. The molecule has 0 aromatic heterocycles. The first-order chi connectivity index (χ1) is 13.0. The number of urea groups is 1. The van der Waals surface area contributed by atoms with Gasteiger partial charge in [0.05, 0.1) is 11.6 Å². The Bertz CT molecular complexity index is 737. The molecule has 1 aliphatic carbocycles. The number of phenolic OH excluding ortho intramolecular Hbond substituents is 1. The first-order valence-corrected chi connectivity index (χ1v) is 9.80. The minimum atomic E-state index is -0.646. The Morgan fingerprint density at radius 3 is 2.70 bits per heavy atom. The van der Waals surface area contributed by atoms with E-state index < -0.39 is 12.0 Å². The third-order valence-corrected chi connectivity index (χ3v) is 5.54. The van der Waals surface area contributed by atoms with Crippen LogP contribution in [-0.4, -0.2) is 23.2 Å². The monoisotopic (exact) mass is 372 g/mol. The molecule has 1 aromatic carbocycles. The molecular formula is C21H28N2O4. The number of benzene rings is 1. The van der Waals surface area contributed by atoms with Gasteiger partial charge in [-0.15, -0.1) is 0 Å². The van der Waals surface area contributed by atoms with Gasteiger partial charge in [0.1, 0.15) is 11.9 Å². The molecule has 146 valence electrons. The third kappa shape index (κ3) is 4.43. The van der Waals surface area contributed by atoms with Gasteiger partial charge < -0.3 is 20.5 Å². The standard InChI is InChI=1S/C21H28N2O4/c1-3-17-18(20(25)27-13(2)14-8-5-4-6-9-14)19(23-21(26)22-17)15-10-7-11-16(24)12-15/h7,10-14,19,24H,3-6,8-9H2,1-2H3,(H2,22,23,26). The van der Waals surface area contributed by atoms with Crippen LogP contribution in [0.25, 0.3) is 0 Å². The van der Waals surface area contributed by atoms with Crippen molar-refractivity contribution in [3.63, 3.8) is 0 Å². The lowest BCUT2D eigenvalue weighted by atomic mass is 9.86. The number of aromatic hydroxyl groups is 1. The van der Waals surface area contributed by atoms with Crippen LogP contribution in [0.5, 0.6) is 5.75 Å². The zero-order chi connectivity index (χ0) is 19.4. The van der Waals surface area contributed by atoms with Gasteiger partial charge in [-0.2, -0.15) is 0 Å². The minimum Gasteiger partial charge on any atom is -0.508 e. The second kappa shape index (κ2) is 8.46. The lowest BCUT2D eigenvalue weighted by Gasteiger charge is -2.32. The summed E-state index contributed by atoms with van der Waals surface area (Å²) in [7, 11) is 0. The molecule has 1 aliphatic heterocycles. The highest BCUT2D eigenvalue weighted by Crippen LogP contribution is 2.33. The highest BCUT2D eigenvalue weighted by Gasteiger charge is 2.35. The maximum atomic E-state index is 13.1. The summed E-state index contributed by atoms with van der Waals surface area (Å²) >= 11 is 0. The van der Waals surface area contributed by atoms with Gasteiger partial charge in [-0.05, 0) is 49.8 Å². The van der Waals surface area contributed by atoms with E-state index in [-0.39, 0.29) is 17.9 Å². The summed E-state index contributed by atoms with van der Waals surface area (Å²) in [5, 5.41) is 15.3. The average molecular weight is 372 g/mol. The van der Waals surface area contributed by atoms with Crippen LogP contribution in [0, 0.1) is 5.92 Å². The maximum absolute atomic E-state index is 13.1. The van der Waals surface area contributed by atoms with E-state index in [1.54, 1.807) is 24.3 Å². The molecule has 1 saturated carbocycles. The second-order valence-electron chi connectivity index (χ2n) is 7.38. The Morgan fingerprint density at radius 2 is 2.04 bits per heavy atom. The van der Waals surface area contributed by atoms with E-state index in [4.69, 9.17) is 4.74 Å². The summed E-state index contributed by atoms with van der Waals surface area (Å²) in [5.74, 6) is 0.0612. The summed E-state index contributed by atoms with van der Waals surface area (Å²) in [4.78, 5) is 25.1. The quantitative estimate of drug-likeness (QED) is 0.684. The van der Waals surface area contributed by atoms with Crippen LogP contribution in [0.2, 0.25) is 0 Å². The van der Waals surface area contributed by atoms with Gasteiger partial charge in [-0.25, -0.2) is 9.59 Å². The van der Waals surface area contributed by atoms with Crippen LogP contribution in [0.4, 0.5) is 4.79 Å². The van der Waals surface area contributed by atoms with Gasteiger partial charge in [0.2, 0.25) is 0 Å². The number of hydrogen-bond acceptors (Lipinski definition) is 4. The molecule has 2 aliphatic rings. The average Bonchev–Trinajstić information content (AvgIpc) is 2.67. The van der Waals surface area contributed by atoms with Crippen molar-refractivity contribution < 1.29 is 19.4 Å². The molecule has 1 heterocycles. The number of allylic oxidation sites excluding steroid dienone is 1. The summed E-state index contributed by atoms with van der Waals surface area (Å²) in [6.07, 6.45) is 6.12. The van der Waals surface area contributed by atoms with E-state index >= 15 is 0 Å². The van der Waals surface area contributed by atoms with Crippen molar-refractivity contribution in [2.75, 3.05) is 0 Å². The molecule has 0 bridgehead atoms. The van der Waals surface area contributed by atoms with Crippen LogP contribution < -0.4 is 10.6 Å². The molecule has 3 rings (SSSR count). The molecule has 2 unspecified atom stereocenters. The normalized spacial score (nSPS) is 22.0. The molecule has 2 atom stereocenters. The van der Waals surface area contributed by atoms with Gasteiger partial charge in [0, 0.05) is 5.70 Å². The molecule has 6 heteroatoms. The third-order valence-electron chi connectivity index (χ3n) is 5.54. The van der Waals surface area contributed by atoms with Gasteiger partial charge in [-0.3, -0.25) is 0 Å². The lowest BCUT2D eigenvalue weighted by Crippen LogP contribution is -2.46. The Balaban J connectivity index is 1.87. The van der Waals surface area contributed by atoms with Gasteiger partial charge in [0.15, 0.2) is 0 Å². The summed E-state index contributed by atoms with van der Waals surface area (Å²) in [5.41, 5.74) is 1.62. The Kier molecular flexibility index (Phi) is 6.04. The number of ether oxygens (including phenoxy) is 1. The first-order valence-electron chi connectivity index (χ1n) is 9.80. The maximum Gasteiger partial charge on any atom is 0.338 e. The van der Waals surface area contributed by atoms with E-state index in [1.165, 1.54) is 19.3 Å². The number of carbonyl (C=O) groups is 2. The van der Waals surface area contributed by atoms with E-state index in [2.05, 4.69) is 10.6 Å². The van der Waals surface area contributed by atoms with Crippen LogP contribution >= 0.6 is 0 Å². The first kappa shape index (κ1) is 19.3. The summed E-state index contributed by atoms with van der Waals surface area (Å²) in [6.45, 7) is 3.84. The smallest absolute Gasteiger partial charge is 0.338 e. The fourth-order valence-electron chi connectivity index (χ4n) is 4.02. The van der Waals surface area contributed by atoms with E-state index in [0.29, 0.717) is 29.2 Å². The van der Waals surface area contributed by atoms with Crippen LogP contribution in [0.3, 0.4) is 0 Å². The summed E-state index contributed by atoms with van der Waals surface area (Å²) in [6, 6.07) is 5.57. The highest BCUT2D eigenvalue weighted by atomic mass is 16.5. The van der Waals surface area contributed by atoms with Gasteiger partial charge in [-0.1, -0.05) is 38.3 Å². The van der Waals surface area contributed by atoms with Crippen LogP contribution in [0.1, 0.15) is 64.0 Å². The van der Waals surface area contributed by atoms with Crippen molar-refractivity contribution in [1.29, 1.82) is 0 Å². The van der Waals surface area contributed by atoms with Crippen molar-refractivity contribution >= 4 is 12.0 Å². The van der Waals surface area contributed by atoms with E-state index in [9.17, 15) is 14.7 Å². The lowest BCUT2D eigenvalue weighted by molar-refractivity contribution is -0.147. The van der Waals surface area contributed by atoms with Crippen molar-refractivity contribution in [1.82, 2.24) is 10.6 Å². The van der Waals surface area contributed by atoms with Crippen molar-refractivity contribution in [2.24, 2.45) is 5.92 Å². The van der Waals surface area contributed by atoms with Gasteiger partial charge in [0.25, 0.3) is 0 Å². The zero-order valence-electron chi connectivity index (χ0n) is 16.0. The molecule has 3 N–H and O–H groups in total. The summed E-state index contributed by atoms with van der Waals surface area (Å²) < 4.78 is 5.83. The number of esters is 1. The largest absolute Gasteiger partial charge is 0.508 e. The molecule has 2 amide bonds. The fourth-order valence-corrected chi connectivity index (χ4v) is 4.02. The highest BCUT2D eigenvalue weighted by molar-refractivity contribution is 5.95. The Morgan fingerprint density at radius 1 is 1.30 bits per heavy atom. The predicted molar refractivity (Wildman–Crippen MR) is 102 cm³/mol. The van der Waals surface area contributed by atoms with Crippen molar-refractivity contribution in [3.8, 4) is 5.75 Å². The van der Waals surface area contributed by atoms with Crippen molar-refractivity contribution in [3.05, 3.63) is 41.1 Å².